The van der Waals surface area contributed by atoms with Crippen LogP contribution in [0.2, 0.25) is 0 Å². The van der Waals surface area contributed by atoms with Crippen LogP contribution < -0.4 is 10.6 Å². The van der Waals surface area contributed by atoms with Gasteiger partial charge in [-0.1, -0.05) is 12.1 Å². The number of halogens is 1. The predicted molar refractivity (Wildman–Crippen MR) is 53.9 cm³/mol. The van der Waals surface area contributed by atoms with E-state index in [1.54, 1.807) is 7.11 Å². The van der Waals surface area contributed by atoms with Crippen molar-refractivity contribution in [2.45, 2.75) is 13.0 Å². The molecule has 0 aliphatic heterocycles. The fourth-order valence-electron chi connectivity index (χ4n) is 0.953. The van der Waals surface area contributed by atoms with Crippen molar-refractivity contribution in [1.82, 2.24) is 0 Å². The van der Waals surface area contributed by atoms with Crippen LogP contribution in [0.4, 0.5) is 0 Å². The van der Waals surface area contributed by atoms with E-state index in [1.807, 2.05) is 31.2 Å². The Hall–Kier alpha value is -0.770. The molecule has 4 heteroatoms. The first-order valence-electron chi connectivity index (χ1n) is 3.77. The van der Waals surface area contributed by atoms with Crippen molar-refractivity contribution in [2.75, 3.05) is 7.11 Å². The molecular formula is C9H14ClNO2. The highest BCUT2D eigenvalue weighted by molar-refractivity contribution is 5.85. The predicted octanol–water partition coefficient (Wildman–Crippen LogP) is 2.07. The molecular weight excluding hydrogens is 190 g/mol. The third kappa shape index (κ3) is 3.22. The Labute approximate surface area is 84.2 Å². The normalized spacial score (nSPS) is 11.6. The Kier molecular flexibility index (Phi) is 5.46. The zero-order valence-electron chi connectivity index (χ0n) is 7.69. The average molecular weight is 204 g/mol. The number of methoxy groups -OCH3 is 1. The van der Waals surface area contributed by atoms with Crippen LogP contribution in [-0.2, 0) is 4.84 Å². The molecule has 74 valence electrons. The molecule has 13 heavy (non-hydrogen) atoms. The maximum atomic E-state index is 5.04. The topological polar surface area (TPSA) is 44.5 Å². The zero-order valence-corrected chi connectivity index (χ0v) is 8.51. The smallest absolute Gasteiger partial charge is 0.118 e. The first-order valence-corrected chi connectivity index (χ1v) is 3.77. The van der Waals surface area contributed by atoms with Gasteiger partial charge in [-0.2, -0.15) is 0 Å². The lowest BCUT2D eigenvalue weighted by molar-refractivity contribution is 0.0664. The monoisotopic (exact) mass is 203 g/mol. The van der Waals surface area contributed by atoms with E-state index >= 15 is 0 Å². The molecule has 0 fully saturated rings. The summed E-state index contributed by atoms with van der Waals surface area (Å²) in [6, 6.07) is 7.61. The van der Waals surface area contributed by atoms with Crippen molar-refractivity contribution < 1.29 is 9.57 Å². The first kappa shape index (κ1) is 12.2. The highest BCUT2D eigenvalue weighted by Crippen LogP contribution is 2.18. The molecule has 0 spiro atoms. The van der Waals surface area contributed by atoms with Gasteiger partial charge in [0, 0.05) is 0 Å². The Morgan fingerprint density at radius 1 is 1.23 bits per heavy atom. The number of rotatable bonds is 3. The highest BCUT2D eigenvalue weighted by Gasteiger charge is 2.02. The summed E-state index contributed by atoms with van der Waals surface area (Å²) in [5.41, 5.74) is 1.04. The van der Waals surface area contributed by atoms with Gasteiger partial charge in [-0.25, -0.2) is 5.90 Å². The lowest BCUT2D eigenvalue weighted by atomic mass is 10.1. The number of ether oxygens (including phenoxy) is 1. The van der Waals surface area contributed by atoms with Crippen molar-refractivity contribution in [3.8, 4) is 5.75 Å². The van der Waals surface area contributed by atoms with Gasteiger partial charge < -0.3 is 4.74 Å². The van der Waals surface area contributed by atoms with Crippen LogP contribution >= 0.6 is 12.4 Å². The minimum atomic E-state index is -0.0732. The molecule has 0 aliphatic rings. The quantitative estimate of drug-likeness (QED) is 0.765. The van der Waals surface area contributed by atoms with Crippen molar-refractivity contribution >= 4 is 12.4 Å². The molecule has 0 heterocycles. The third-order valence-electron chi connectivity index (χ3n) is 1.79. The molecule has 1 aromatic rings. The minimum Gasteiger partial charge on any atom is -0.497 e. The highest BCUT2D eigenvalue weighted by atomic mass is 35.5. The Morgan fingerprint density at radius 2 is 1.77 bits per heavy atom. The van der Waals surface area contributed by atoms with Gasteiger partial charge in [-0.15, -0.1) is 12.4 Å². The van der Waals surface area contributed by atoms with Gasteiger partial charge in [0.15, 0.2) is 0 Å². The second-order valence-electron chi connectivity index (χ2n) is 2.55. The van der Waals surface area contributed by atoms with Gasteiger partial charge in [0.2, 0.25) is 0 Å². The van der Waals surface area contributed by atoms with E-state index in [2.05, 4.69) is 4.84 Å². The van der Waals surface area contributed by atoms with Crippen LogP contribution in [0.25, 0.3) is 0 Å². The fraction of sp³-hybridized carbons (Fsp3) is 0.333. The molecule has 0 aromatic heterocycles. The molecule has 0 aliphatic carbocycles. The Balaban J connectivity index is 0.00000144. The van der Waals surface area contributed by atoms with E-state index < -0.39 is 0 Å². The lowest BCUT2D eigenvalue weighted by Gasteiger charge is -2.08. The van der Waals surface area contributed by atoms with E-state index in [0.29, 0.717) is 0 Å². The van der Waals surface area contributed by atoms with Gasteiger partial charge in [0.1, 0.15) is 11.9 Å². The second kappa shape index (κ2) is 5.80. The van der Waals surface area contributed by atoms with E-state index in [0.717, 1.165) is 11.3 Å². The largest absolute Gasteiger partial charge is 0.497 e. The molecule has 0 saturated carbocycles. The molecule has 2 N–H and O–H groups in total. The number of nitrogens with two attached hydrogens (primary N) is 1. The molecule has 1 unspecified atom stereocenters. The number of benzene rings is 1. The Bertz CT molecular complexity index is 238. The molecule has 1 atom stereocenters. The van der Waals surface area contributed by atoms with Crippen molar-refractivity contribution in [3.05, 3.63) is 29.8 Å². The fourth-order valence-corrected chi connectivity index (χ4v) is 0.953. The molecule has 1 aromatic carbocycles. The van der Waals surface area contributed by atoms with Gasteiger partial charge in [-0.05, 0) is 24.6 Å². The Morgan fingerprint density at radius 3 is 2.15 bits per heavy atom. The lowest BCUT2D eigenvalue weighted by Crippen LogP contribution is -2.04. The minimum absolute atomic E-state index is 0. The third-order valence-corrected chi connectivity index (χ3v) is 1.79. The van der Waals surface area contributed by atoms with Gasteiger partial charge >= 0.3 is 0 Å². The van der Waals surface area contributed by atoms with E-state index in [1.165, 1.54) is 0 Å². The molecule has 0 bridgehead atoms. The zero-order chi connectivity index (χ0) is 8.97. The van der Waals surface area contributed by atoms with E-state index in [4.69, 9.17) is 10.6 Å². The molecule has 0 amide bonds. The van der Waals surface area contributed by atoms with Gasteiger partial charge in [0.05, 0.1) is 7.11 Å². The van der Waals surface area contributed by atoms with Crippen molar-refractivity contribution in [2.24, 2.45) is 5.90 Å². The average Bonchev–Trinajstić information content (AvgIpc) is 2.17. The summed E-state index contributed by atoms with van der Waals surface area (Å²) < 4.78 is 5.01. The van der Waals surface area contributed by atoms with Crippen LogP contribution in [0.1, 0.15) is 18.6 Å². The first-order chi connectivity index (χ1) is 5.77. The van der Waals surface area contributed by atoms with Crippen LogP contribution in [-0.4, -0.2) is 7.11 Å². The van der Waals surface area contributed by atoms with Gasteiger partial charge in [-0.3, -0.25) is 4.84 Å². The van der Waals surface area contributed by atoms with Gasteiger partial charge in [0.25, 0.3) is 0 Å². The van der Waals surface area contributed by atoms with Crippen LogP contribution in [0.15, 0.2) is 24.3 Å². The maximum Gasteiger partial charge on any atom is 0.118 e. The maximum absolute atomic E-state index is 5.04. The number of hydrogen-bond acceptors (Lipinski definition) is 3. The van der Waals surface area contributed by atoms with E-state index in [9.17, 15) is 0 Å². The molecule has 3 nitrogen and oxygen atoms in total. The van der Waals surface area contributed by atoms with Crippen LogP contribution in [0, 0.1) is 0 Å². The molecule has 0 radical (unpaired) electrons. The summed E-state index contributed by atoms with van der Waals surface area (Å²) in [5.74, 6) is 5.88. The SMILES string of the molecule is COc1ccc(C(C)ON)cc1.Cl. The summed E-state index contributed by atoms with van der Waals surface area (Å²) in [6.07, 6.45) is -0.0732. The standard InChI is InChI=1S/C9H13NO2.ClH/c1-7(12-10)8-3-5-9(11-2)6-4-8;/h3-7H,10H2,1-2H3;1H. The van der Waals surface area contributed by atoms with Crippen molar-refractivity contribution in [3.63, 3.8) is 0 Å². The summed E-state index contributed by atoms with van der Waals surface area (Å²) >= 11 is 0. The summed E-state index contributed by atoms with van der Waals surface area (Å²) in [5, 5.41) is 0. The van der Waals surface area contributed by atoms with E-state index in [-0.39, 0.29) is 18.5 Å². The molecule has 1 rings (SSSR count). The summed E-state index contributed by atoms with van der Waals surface area (Å²) in [6.45, 7) is 1.89. The number of hydrogen-bond donors (Lipinski definition) is 1. The molecule has 0 saturated heterocycles. The van der Waals surface area contributed by atoms with Crippen molar-refractivity contribution in [1.29, 1.82) is 0 Å². The van der Waals surface area contributed by atoms with Crippen LogP contribution in [0.3, 0.4) is 0 Å². The summed E-state index contributed by atoms with van der Waals surface area (Å²) in [7, 11) is 1.64. The second-order valence-corrected chi connectivity index (χ2v) is 2.55. The van der Waals surface area contributed by atoms with Crippen LogP contribution in [0.5, 0.6) is 5.75 Å². The summed E-state index contributed by atoms with van der Waals surface area (Å²) in [4.78, 5) is 4.67.